The van der Waals surface area contributed by atoms with E-state index in [2.05, 4.69) is 15.0 Å². The lowest BCUT2D eigenvalue weighted by Crippen LogP contribution is -2.20. The number of aromatic nitrogens is 3. The summed E-state index contributed by atoms with van der Waals surface area (Å²) in [6.07, 6.45) is 3.86. The SMILES string of the molecule is Cc1cnc2nc(C3(N)CC3)[nH]c2c1. The summed E-state index contributed by atoms with van der Waals surface area (Å²) < 4.78 is 0. The monoisotopic (exact) mass is 188 g/mol. The van der Waals surface area contributed by atoms with Gasteiger partial charge in [-0.15, -0.1) is 0 Å². The Morgan fingerprint density at radius 2 is 2.29 bits per heavy atom. The molecule has 4 heteroatoms. The summed E-state index contributed by atoms with van der Waals surface area (Å²) in [6, 6.07) is 2.05. The van der Waals surface area contributed by atoms with Crippen molar-refractivity contribution in [3.63, 3.8) is 0 Å². The van der Waals surface area contributed by atoms with Gasteiger partial charge in [0.2, 0.25) is 0 Å². The molecule has 1 fully saturated rings. The molecular weight excluding hydrogens is 176 g/mol. The average Bonchev–Trinajstić information content (AvgIpc) is 2.77. The van der Waals surface area contributed by atoms with Gasteiger partial charge in [-0.3, -0.25) is 0 Å². The van der Waals surface area contributed by atoms with Gasteiger partial charge >= 0.3 is 0 Å². The van der Waals surface area contributed by atoms with Crippen LogP contribution in [0.15, 0.2) is 12.3 Å². The molecule has 3 N–H and O–H groups in total. The van der Waals surface area contributed by atoms with E-state index < -0.39 is 0 Å². The van der Waals surface area contributed by atoms with Gasteiger partial charge in [0.15, 0.2) is 5.65 Å². The normalized spacial score (nSPS) is 18.7. The Morgan fingerprint density at radius 3 is 3.00 bits per heavy atom. The van der Waals surface area contributed by atoms with Crippen molar-refractivity contribution in [2.45, 2.75) is 25.3 Å². The number of pyridine rings is 1. The largest absolute Gasteiger partial charge is 0.339 e. The lowest BCUT2D eigenvalue weighted by molar-refractivity contribution is 0.688. The van der Waals surface area contributed by atoms with Crippen molar-refractivity contribution in [3.05, 3.63) is 23.7 Å². The molecular formula is C10H12N4. The molecule has 0 atom stereocenters. The van der Waals surface area contributed by atoms with Gasteiger partial charge in [0.25, 0.3) is 0 Å². The standard InChI is InChI=1S/C10H12N4/c1-6-4-7-8(12-5-6)14-9(13-7)10(11)2-3-10/h4-5H,2-3,11H2,1H3,(H,12,13,14). The van der Waals surface area contributed by atoms with Crippen LogP contribution in [0.4, 0.5) is 0 Å². The van der Waals surface area contributed by atoms with E-state index >= 15 is 0 Å². The molecule has 72 valence electrons. The zero-order chi connectivity index (χ0) is 9.76. The van der Waals surface area contributed by atoms with Crippen molar-refractivity contribution >= 4 is 11.2 Å². The third-order valence-electron chi connectivity index (χ3n) is 2.73. The molecule has 0 spiro atoms. The Labute approximate surface area is 81.6 Å². The Kier molecular flexibility index (Phi) is 1.32. The van der Waals surface area contributed by atoms with Gasteiger partial charge in [-0.2, -0.15) is 0 Å². The van der Waals surface area contributed by atoms with Crippen LogP contribution in [0.1, 0.15) is 24.2 Å². The van der Waals surface area contributed by atoms with Crippen LogP contribution in [0.3, 0.4) is 0 Å². The molecule has 2 aromatic rings. The number of rotatable bonds is 1. The van der Waals surface area contributed by atoms with Crippen LogP contribution in [-0.2, 0) is 5.54 Å². The highest BCUT2D eigenvalue weighted by atomic mass is 15.1. The molecule has 2 heterocycles. The van der Waals surface area contributed by atoms with Gasteiger partial charge in [-0.25, -0.2) is 9.97 Å². The molecule has 0 saturated heterocycles. The van der Waals surface area contributed by atoms with Crippen molar-refractivity contribution in [2.24, 2.45) is 5.73 Å². The highest BCUT2D eigenvalue weighted by Crippen LogP contribution is 2.41. The van der Waals surface area contributed by atoms with Crippen LogP contribution in [0.5, 0.6) is 0 Å². The molecule has 0 bridgehead atoms. The van der Waals surface area contributed by atoms with Gasteiger partial charge in [0, 0.05) is 6.20 Å². The molecule has 0 amide bonds. The van der Waals surface area contributed by atoms with Crippen LogP contribution in [-0.4, -0.2) is 15.0 Å². The molecule has 1 saturated carbocycles. The Hall–Kier alpha value is -1.42. The fourth-order valence-corrected chi connectivity index (χ4v) is 1.61. The quantitative estimate of drug-likeness (QED) is 0.707. The van der Waals surface area contributed by atoms with Gasteiger partial charge in [0.05, 0.1) is 11.1 Å². The summed E-state index contributed by atoms with van der Waals surface area (Å²) in [4.78, 5) is 11.9. The number of nitrogens with zero attached hydrogens (tertiary/aromatic N) is 2. The van der Waals surface area contributed by atoms with Crippen molar-refractivity contribution in [1.29, 1.82) is 0 Å². The van der Waals surface area contributed by atoms with Gasteiger partial charge in [0.1, 0.15) is 5.82 Å². The lowest BCUT2D eigenvalue weighted by Gasteiger charge is -2.01. The van der Waals surface area contributed by atoms with E-state index in [0.29, 0.717) is 0 Å². The van der Waals surface area contributed by atoms with E-state index in [1.54, 1.807) is 0 Å². The van der Waals surface area contributed by atoms with Crippen molar-refractivity contribution in [2.75, 3.05) is 0 Å². The maximum absolute atomic E-state index is 6.05. The topological polar surface area (TPSA) is 67.6 Å². The first-order chi connectivity index (χ1) is 6.67. The molecule has 1 aliphatic rings. The molecule has 0 radical (unpaired) electrons. The minimum atomic E-state index is -0.200. The second kappa shape index (κ2) is 2.33. The van der Waals surface area contributed by atoms with Crippen LogP contribution < -0.4 is 5.73 Å². The van der Waals surface area contributed by atoms with E-state index in [1.807, 2.05) is 19.2 Å². The first kappa shape index (κ1) is 7.94. The molecule has 2 aromatic heterocycles. The van der Waals surface area contributed by atoms with E-state index in [0.717, 1.165) is 35.4 Å². The van der Waals surface area contributed by atoms with E-state index in [9.17, 15) is 0 Å². The zero-order valence-corrected chi connectivity index (χ0v) is 8.04. The predicted octanol–water partition coefficient (Wildman–Crippen LogP) is 1.21. The summed E-state index contributed by atoms with van der Waals surface area (Å²) in [5.41, 5.74) is 8.73. The van der Waals surface area contributed by atoms with Crippen molar-refractivity contribution in [1.82, 2.24) is 15.0 Å². The van der Waals surface area contributed by atoms with Crippen molar-refractivity contribution < 1.29 is 0 Å². The molecule has 3 rings (SSSR count). The Morgan fingerprint density at radius 1 is 1.50 bits per heavy atom. The summed E-state index contributed by atoms with van der Waals surface area (Å²) in [7, 11) is 0. The number of hydrogen-bond donors (Lipinski definition) is 2. The number of aromatic amines is 1. The lowest BCUT2D eigenvalue weighted by atomic mass is 10.3. The highest BCUT2D eigenvalue weighted by molar-refractivity contribution is 5.71. The maximum atomic E-state index is 6.05. The van der Waals surface area contributed by atoms with Gasteiger partial charge < -0.3 is 10.7 Å². The number of hydrogen-bond acceptors (Lipinski definition) is 3. The number of aryl methyl sites for hydroxylation is 1. The van der Waals surface area contributed by atoms with Gasteiger partial charge in [-0.1, -0.05) is 0 Å². The van der Waals surface area contributed by atoms with Crippen molar-refractivity contribution in [3.8, 4) is 0 Å². The predicted molar refractivity (Wildman–Crippen MR) is 53.7 cm³/mol. The molecule has 0 aromatic carbocycles. The fraction of sp³-hybridized carbons (Fsp3) is 0.400. The first-order valence-corrected chi connectivity index (χ1v) is 4.79. The Bertz CT molecular complexity index is 496. The minimum Gasteiger partial charge on any atom is -0.339 e. The molecule has 14 heavy (non-hydrogen) atoms. The van der Waals surface area contributed by atoms with E-state index in [-0.39, 0.29) is 5.54 Å². The summed E-state index contributed by atoms with van der Waals surface area (Å²) in [5, 5.41) is 0. The molecule has 0 aliphatic heterocycles. The molecule has 0 unspecified atom stereocenters. The van der Waals surface area contributed by atoms with Crippen LogP contribution in [0, 0.1) is 6.92 Å². The summed E-state index contributed by atoms with van der Waals surface area (Å²) >= 11 is 0. The van der Waals surface area contributed by atoms with E-state index in [4.69, 9.17) is 5.73 Å². The molecule has 1 aliphatic carbocycles. The number of nitrogens with two attached hydrogens (primary N) is 1. The minimum absolute atomic E-state index is 0.200. The van der Waals surface area contributed by atoms with Crippen LogP contribution in [0.25, 0.3) is 11.2 Å². The third kappa shape index (κ3) is 1.04. The number of nitrogens with one attached hydrogen (secondary N) is 1. The second-order valence-corrected chi connectivity index (χ2v) is 4.13. The first-order valence-electron chi connectivity index (χ1n) is 4.79. The third-order valence-corrected chi connectivity index (χ3v) is 2.73. The zero-order valence-electron chi connectivity index (χ0n) is 8.04. The number of H-pyrrole nitrogens is 1. The highest BCUT2D eigenvalue weighted by Gasteiger charge is 2.43. The maximum Gasteiger partial charge on any atom is 0.177 e. The summed E-state index contributed by atoms with van der Waals surface area (Å²) in [6.45, 7) is 2.02. The average molecular weight is 188 g/mol. The van der Waals surface area contributed by atoms with E-state index in [1.165, 1.54) is 0 Å². The van der Waals surface area contributed by atoms with Gasteiger partial charge in [-0.05, 0) is 31.4 Å². The smallest absolute Gasteiger partial charge is 0.177 e. The summed E-state index contributed by atoms with van der Waals surface area (Å²) in [5.74, 6) is 0.880. The fourth-order valence-electron chi connectivity index (χ4n) is 1.61. The molecule has 4 nitrogen and oxygen atoms in total. The second-order valence-electron chi connectivity index (χ2n) is 4.13. The van der Waals surface area contributed by atoms with Crippen LogP contribution in [0.2, 0.25) is 0 Å². The number of fused-ring (bicyclic) bond motifs is 1. The Balaban J connectivity index is 2.20. The van der Waals surface area contributed by atoms with Crippen LogP contribution >= 0.6 is 0 Å². The number of imidazole rings is 1.